The number of pyridine rings is 1. The van der Waals surface area contributed by atoms with Crippen molar-refractivity contribution in [2.45, 2.75) is 19.2 Å². The summed E-state index contributed by atoms with van der Waals surface area (Å²) < 4.78 is 65.2. The molecule has 0 spiro atoms. The molecular formula is C9H5F5N2O5. The van der Waals surface area contributed by atoms with Gasteiger partial charge in [0.1, 0.15) is 5.56 Å². The second kappa shape index (κ2) is 5.85. The van der Waals surface area contributed by atoms with Crippen LogP contribution in [0.4, 0.5) is 27.8 Å². The van der Waals surface area contributed by atoms with Gasteiger partial charge in [0.2, 0.25) is 0 Å². The van der Waals surface area contributed by atoms with E-state index in [2.05, 4.69) is 9.72 Å². The van der Waals surface area contributed by atoms with Crippen molar-refractivity contribution in [2.75, 3.05) is 0 Å². The molecule has 0 aliphatic carbocycles. The molecule has 1 aromatic heterocycles. The van der Waals surface area contributed by atoms with Crippen LogP contribution in [0.15, 0.2) is 6.07 Å². The first-order valence-electron chi connectivity index (χ1n) is 4.95. The average molecular weight is 316 g/mol. The topological polar surface area (TPSA) is 103 Å². The Labute approximate surface area is 112 Å². The Kier molecular flexibility index (Phi) is 4.60. The quantitative estimate of drug-likeness (QED) is 0.508. The number of halogens is 5. The molecule has 1 N–H and O–H groups in total. The smallest absolute Gasteiger partial charge is 0.481 e. The third-order valence-electron chi connectivity index (χ3n) is 2.06. The monoisotopic (exact) mass is 316 g/mol. The molecule has 1 aromatic rings. The van der Waals surface area contributed by atoms with Crippen LogP contribution in [0.5, 0.6) is 5.88 Å². The first kappa shape index (κ1) is 16.5. The number of aliphatic carboxylic acids is 1. The highest BCUT2D eigenvalue weighted by atomic mass is 19.4. The van der Waals surface area contributed by atoms with Crippen molar-refractivity contribution in [3.8, 4) is 5.88 Å². The summed E-state index contributed by atoms with van der Waals surface area (Å²) in [5.74, 6) is -4.66. The maximum atomic E-state index is 12.8. The number of ether oxygens (including phenoxy) is 1. The SMILES string of the molecule is O=C(O)Cc1cc([N+](=O)[O-])nc(OC(F)(F)F)c1C(F)F. The van der Waals surface area contributed by atoms with Gasteiger partial charge >= 0.3 is 24.0 Å². The van der Waals surface area contributed by atoms with Crippen LogP contribution >= 0.6 is 0 Å². The minimum Gasteiger partial charge on any atom is -0.481 e. The van der Waals surface area contributed by atoms with Crippen molar-refractivity contribution in [3.05, 3.63) is 27.3 Å². The summed E-state index contributed by atoms with van der Waals surface area (Å²) in [5.41, 5.74) is -2.35. The van der Waals surface area contributed by atoms with E-state index in [0.717, 1.165) is 0 Å². The molecule has 12 heteroatoms. The summed E-state index contributed by atoms with van der Waals surface area (Å²) in [6, 6.07) is 0.360. The highest BCUT2D eigenvalue weighted by Crippen LogP contribution is 2.36. The number of nitrogens with zero attached hydrogens (tertiary/aromatic N) is 2. The summed E-state index contributed by atoms with van der Waals surface area (Å²) in [5, 5.41) is 19.0. The molecule has 0 aliphatic heterocycles. The summed E-state index contributed by atoms with van der Waals surface area (Å²) in [7, 11) is 0. The molecule has 0 amide bonds. The number of carboxylic acid groups (broad SMARTS) is 1. The second-order valence-corrected chi connectivity index (χ2v) is 3.53. The minimum atomic E-state index is -5.42. The van der Waals surface area contributed by atoms with E-state index in [9.17, 15) is 36.9 Å². The highest BCUT2D eigenvalue weighted by Gasteiger charge is 2.38. The fourth-order valence-electron chi connectivity index (χ4n) is 1.39. The lowest BCUT2D eigenvalue weighted by atomic mass is 10.1. The van der Waals surface area contributed by atoms with Gasteiger partial charge in [0, 0.05) is 11.1 Å². The number of aromatic nitrogens is 1. The summed E-state index contributed by atoms with van der Waals surface area (Å²) >= 11 is 0. The van der Waals surface area contributed by atoms with Crippen LogP contribution in [0.1, 0.15) is 17.6 Å². The van der Waals surface area contributed by atoms with E-state index in [0.29, 0.717) is 6.07 Å². The Morgan fingerprint density at radius 1 is 1.48 bits per heavy atom. The number of hydrogen-bond donors (Lipinski definition) is 1. The molecule has 0 saturated heterocycles. The first-order valence-corrected chi connectivity index (χ1v) is 4.95. The van der Waals surface area contributed by atoms with Gasteiger partial charge in [-0.25, -0.2) is 8.78 Å². The zero-order chi connectivity index (χ0) is 16.4. The fraction of sp³-hybridized carbons (Fsp3) is 0.333. The molecule has 0 saturated carbocycles. The Morgan fingerprint density at radius 3 is 2.43 bits per heavy atom. The molecule has 7 nitrogen and oxygen atoms in total. The molecule has 0 radical (unpaired) electrons. The van der Waals surface area contributed by atoms with Gasteiger partial charge in [0.05, 0.1) is 6.42 Å². The van der Waals surface area contributed by atoms with Gasteiger partial charge in [-0.1, -0.05) is 0 Å². The number of carboxylic acids is 1. The van der Waals surface area contributed by atoms with Crippen molar-refractivity contribution >= 4 is 11.8 Å². The van der Waals surface area contributed by atoms with E-state index in [1.807, 2.05) is 0 Å². The van der Waals surface area contributed by atoms with Gasteiger partial charge in [-0.15, -0.1) is 13.2 Å². The van der Waals surface area contributed by atoms with Crippen LogP contribution in [0.2, 0.25) is 0 Å². The summed E-state index contributed by atoms with van der Waals surface area (Å²) in [6.07, 6.45) is -10.1. The first-order chi connectivity index (χ1) is 9.51. The van der Waals surface area contributed by atoms with Gasteiger partial charge < -0.3 is 20.0 Å². The standard InChI is InChI=1S/C9H5F5N2O5/c10-7(11)6-3(2-5(17)18)1-4(16(19)20)15-8(6)21-9(12,13)14/h1,7H,2H2,(H,17,18). The minimum absolute atomic E-state index is 0.360. The van der Waals surface area contributed by atoms with Crippen LogP contribution in [0.3, 0.4) is 0 Å². The Balaban J connectivity index is 3.52. The zero-order valence-corrected chi connectivity index (χ0v) is 9.73. The molecule has 0 bridgehead atoms. The van der Waals surface area contributed by atoms with Crippen molar-refractivity contribution in [2.24, 2.45) is 0 Å². The predicted octanol–water partition coefficient (Wildman–Crippen LogP) is 2.45. The fourth-order valence-corrected chi connectivity index (χ4v) is 1.39. The van der Waals surface area contributed by atoms with Crippen molar-refractivity contribution in [1.29, 1.82) is 0 Å². The number of nitro groups is 1. The molecule has 0 unspecified atom stereocenters. The zero-order valence-electron chi connectivity index (χ0n) is 9.73. The van der Waals surface area contributed by atoms with Crippen LogP contribution in [-0.2, 0) is 11.2 Å². The maximum Gasteiger partial charge on any atom is 0.575 e. The number of hydrogen-bond acceptors (Lipinski definition) is 5. The molecule has 0 fully saturated rings. The Morgan fingerprint density at radius 2 is 2.05 bits per heavy atom. The number of alkyl halides is 5. The number of rotatable bonds is 5. The van der Waals surface area contributed by atoms with E-state index < -0.39 is 52.9 Å². The van der Waals surface area contributed by atoms with Crippen LogP contribution in [-0.4, -0.2) is 27.3 Å². The third-order valence-corrected chi connectivity index (χ3v) is 2.06. The summed E-state index contributed by atoms with van der Waals surface area (Å²) in [4.78, 5) is 22.5. The largest absolute Gasteiger partial charge is 0.575 e. The van der Waals surface area contributed by atoms with Crippen molar-refractivity contribution in [3.63, 3.8) is 0 Å². The highest BCUT2D eigenvalue weighted by molar-refractivity contribution is 5.71. The Hall–Kier alpha value is -2.53. The Bertz CT molecular complexity index is 574. The lowest BCUT2D eigenvalue weighted by Gasteiger charge is -2.11. The molecule has 0 atom stereocenters. The van der Waals surface area contributed by atoms with Crippen molar-refractivity contribution < 1.29 is 41.5 Å². The number of carbonyl (C=O) groups is 1. The molecule has 1 rings (SSSR count). The molecule has 1 heterocycles. The normalized spacial score (nSPS) is 11.5. The van der Waals surface area contributed by atoms with Gasteiger partial charge in [-0.05, 0) is 10.5 Å². The third kappa shape index (κ3) is 4.50. The van der Waals surface area contributed by atoms with Gasteiger partial charge in [0.15, 0.2) is 0 Å². The van der Waals surface area contributed by atoms with E-state index in [-0.39, 0.29) is 0 Å². The maximum absolute atomic E-state index is 12.8. The van der Waals surface area contributed by atoms with Gasteiger partial charge in [0.25, 0.3) is 6.43 Å². The van der Waals surface area contributed by atoms with E-state index >= 15 is 0 Å². The van der Waals surface area contributed by atoms with Gasteiger partial charge in [-0.3, -0.25) is 4.79 Å². The summed E-state index contributed by atoms with van der Waals surface area (Å²) in [6.45, 7) is 0. The lowest BCUT2D eigenvalue weighted by Crippen LogP contribution is -2.20. The molecule has 116 valence electrons. The van der Waals surface area contributed by atoms with E-state index in [4.69, 9.17) is 5.11 Å². The molecule has 21 heavy (non-hydrogen) atoms. The lowest BCUT2D eigenvalue weighted by molar-refractivity contribution is -0.390. The predicted molar refractivity (Wildman–Crippen MR) is 53.9 cm³/mol. The van der Waals surface area contributed by atoms with Gasteiger partial charge in [-0.2, -0.15) is 0 Å². The molecule has 0 aromatic carbocycles. The second-order valence-electron chi connectivity index (χ2n) is 3.53. The molecule has 0 aliphatic rings. The van der Waals surface area contributed by atoms with E-state index in [1.54, 1.807) is 0 Å². The van der Waals surface area contributed by atoms with E-state index in [1.165, 1.54) is 0 Å². The van der Waals surface area contributed by atoms with Crippen LogP contribution < -0.4 is 4.74 Å². The van der Waals surface area contributed by atoms with Crippen molar-refractivity contribution in [1.82, 2.24) is 4.98 Å². The average Bonchev–Trinajstić information content (AvgIpc) is 2.24. The van der Waals surface area contributed by atoms with Crippen LogP contribution in [0, 0.1) is 10.1 Å². The van der Waals surface area contributed by atoms with Crippen LogP contribution in [0.25, 0.3) is 0 Å². The molecular weight excluding hydrogens is 311 g/mol.